The summed E-state index contributed by atoms with van der Waals surface area (Å²) in [5.74, 6) is 0.620. The lowest BCUT2D eigenvalue weighted by Crippen LogP contribution is -2.21. The van der Waals surface area contributed by atoms with E-state index in [4.69, 9.17) is 9.52 Å². The summed E-state index contributed by atoms with van der Waals surface area (Å²) in [6.45, 7) is 1.44. The van der Waals surface area contributed by atoms with E-state index in [1.54, 1.807) is 6.26 Å². The van der Waals surface area contributed by atoms with E-state index in [-0.39, 0.29) is 6.61 Å². The Morgan fingerprint density at radius 1 is 1.33 bits per heavy atom. The van der Waals surface area contributed by atoms with E-state index in [9.17, 15) is 0 Å². The molecule has 0 unspecified atom stereocenters. The first-order chi connectivity index (χ1) is 8.69. The minimum Gasteiger partial charge on any atom is -0.444 e. The van der Waals surface area contributed by atoms with Crippen LogP contribution in [0.2, 0.25) is 0 Å². The van der Waals surface area contributed by atoms with E-state index in [1.165, 1.54) is 0 Å². The number of nitrogens with zero attached hydrogens (tertiary/aromatic N) is 2. The van der Waals surface area contributed by atoms with Crippen molar-refractivity contribution >= 4 is 15.9 Å². The van der Waals surface area contributed by atoms with Crippen LogP contribution in [-0.4, -0.2) is 35.2 Å². The molecule has 5 heteroatoms. The molecule has 1 aromatic heterocycles. The Kier molecular flexibility index (Phi) is 4.52. The molecule has 2 rings (SSSR count). The summed E-state index contributed by atoms with van der Waals surface area (Å²) >= 11 is 3.39. The van der Waals surface area contributed by atoms with Crippen molar-refractivity contribution in [3.8, 4) is 11.5 Å². The molecule has 18 heavy (non-hydrogen) atoms. The second kappa shape index (κ2) is 6.13. The van der Waals surface area contributed by atoms with Crippen LogP contribution >= 0.6 is 15.9 Å². The van der Waals surface area contributed by atoms with Crippen LogP contribution in [0.25, 0.3) is 11.5 Å². The lowest BCUT2D eigenvalue weighted by molar-refractivity contribution is 0.216. The van der Waals surface area contributed by atoms with Gasteiger partial charge in [0.15, 0.2) is 0 Å². The average Bonchev–Trinajstić information content (AvgIpc) is 2.78. The van der Waals surface area contributed by atoms with Crippen LogP contribution in [0, 0.1) is 0 Å². The second-order valence-electron chi connectivity index (χ2n) is 4.11. The highest BCUT2D eigenvalue weighted by Gasteiger charge is 2.08. The molecule has 0 saturated carbocycles. The van der Waals surface area contributed by atoms with E-state index in [1.807, 2.05) is 36.2 Å². The summed E-state index contributed by atoms with van der Waals surface area (Å²) < 4.78 is 6.48. The molecular weight excluding hydrogens is 296 g/mol. The molecule has 0 aliphatic carbocycles. The van der Waals surface area contributed by atoms with Gasteiger partial charge in [0, 0.05) is 23.1 Å². The Morgan fingerprint density at radius 2 is 2.06 bits per heavy atom. The average molecular weight is 311 g/mol. The molecule has 96 valence electrons. The Morgan fingerprint density at radius 3 is 2.72 bits per heavy atom. The number of hydrogen-bond donors (Lipinski definition) is 1. The quantitative estimate of drug-likeness (QED) is 0.922. The first-order valence-corrected chi connectivity index (χ1v) is 6.48. The van der Waals surface area contributed by atoms with Crippen LogP contribution in [0.1, 0.15) is 5.69 Å². The SMILES string of the molecule is CN(CCO)Cc1coc(-c2ccc(Br)cc2)n1. The summed E-state index contributed by atoms with van der Waals surface area (Å²) in [5, 5.41) is 8.83. The van der Waals surface area contributed by atoms with Gasteiger partial charge in [-0.25, -0.2) is 4.98 Å². The number of aliphatic hydroxyl groups excluding tert-OH is 1. The first kappa shape index (κ1) is 13.3. The molecule has 1 N–H and O–H groups in total. The van der Waals surface area contributed by atoms with Crippen molar-refractivity contribution in [3.63, 3.8) is 0 Å². The Balaban J connectivity index is 2.08. The van der Waals surface area contributed by atoms with Crippen molar-refractivity contribution in [2.24, 2.45) is 0 Å². The van der Waals surface area contributed by atoms with Crippen LogP contribution in [0.15, 0.2) is 39.4 Å². The number of likely N-dealkylation sites (N-methyl/N-ethyl adjacent to an activating group) is 1. The van der Waals surface area contributed by atoms with Crippen molar-refractivity contribution in [1.82, 2.24) is 9.88 Å². The fraction of sp³-hybridized carbons (Fsp3) is 0.308. The van der Waals surface area contributed by atoms with Crippen molar-refractivity contribution < 1.29 is 9.52 Å². The molecule has 0 aliphatic heterocycles. The zero-order valence-corrected chi connectivity index (χ0v) is 11.7. The lowest BCUT2D eigenvalue weighted by atomic mass is 10.2. The molecule has 0 bridgehead atoms. The van der Waals surface area contributed by atoms with E-state index >= 15 is 0 Å². The van der Waals surface area contributed by atoms with Gasteiger partial charge in [0.2, 0.25) is 5.89 Å². The van der Waals surface area contributed by atoms with E-state index in [2.05, 4.69) is 20.9 Å². The molecule has 1 aromatic carbocycles. The van der Waals surface area contributed by atoms with Crippen LogP contribution in [0.4, 0.5) is 0 Å². The van der Waals surface area contributed by atoms with Crippen LogP contribution in [0.3, 0.4) is 0 Å². The molecule has 0 amide bonds. The highest BCUT2D eigenvalue weighted by Crippen LogP contribution is 2.21. The zero-order chi connectivity index (χ0) is 13.0. The highest BCUT2D eigenvalue weighted by atomic mass is 79.9. The third-order valence-corrected chi connectivity index (χ3v) is 3.09. The van der Waals surface area contributed by atoms with Crippen molar-refractivity contribution in [2.45, 2.75) is 6.54 Å². The first-order valence-electron chi connectivity index (χ1n) is 5.69. The standard InChI is InChI=1S/C13H15BrN2O2/c1-16(6-7-17)8-12-9-18-13(15-12)10-2-4-11(14)5-3-10/h2-5,9,17H,6-8H2,1H3. The Labute approximate surface area is 114 Å². The summed E-state index contributed by atoms with van der Waals surface area (Å²) in [5.41, 5.74) is 1.82. The third-order valence-electron chi connectivity index (χ3n) is 2.56. The highest BCUT2D eigenvalue weighted by molar-refractivity contribution is 9.10. The molecule has 0 atom stereocenters. The predicted molar refractivity (Wildman–Crippen MR) is 73.1 cm³/mol. The van der Waals surface area contributed by atoms with E-state index in [0.29, 0.717) is 19.0 Å². The fourth-order valence-electron chi connectivity index (χ4n) is 1.63. The summed E-state index contributed by atoms with van der Waals surface area (Å²) in [6.07, 6.45) is 1.66. The number of rotatable bonds is 5. The van der Waals surface area contributed by atoms with Gasteiger partial charge in [-0.3, -0.25) is 4.90 Å². The van der Waals surface area contributed by atoms with Crippen LogP contribution < -0.4 is 0 Å². The monoisotopic (exact) mass is 310 g/mol. The normalized spacial score (nSPS) is 11.1. The van der Waals surface area contributed by atoms with Gasteiger partial charge < -0.3 is 9.52 Å². The second-order valence-corrected chi connectivity index (χ2v) is 5.03. The van der Waals surface area contributed by atoms with Crippen molar-refractivity contribution in [1.29, 1.82) is 0 Å². The summed E-state index contributed by atoms with van der Waals surface area (Å²) in [7, 11) is 1.93. The van der Waals surface area contributed by atoms with Gasteiger partial charge in [0.25, 0.3) is 0 Å². The number of halogens is 1. The third kappa shape index (κ3) is 3.41. The van der Waals surface area contributed by atoms with Gasteiger partial charge >= 0.3 is 0 Å². The number of hydrogen-bond acceptors (Lipinski definition) is 4. The van der Waals surface area contributed by atoms with E-state index in [0.717, 1.165) is 15.7 Å². The molecular formula is C13H15BrN2O2. The fourth-order valence-corrected chi connectivity index (χ4v) is 1.90. The van der Waals surface area contributed by atoms with Crippen LogP contribution in [0.5, 0.6) is 0 Å². The number of benzene rings is 1. The van der Waals surface area contributed by atoms with E-state index < -0.39 is 0 Å². The van der Waals surface area contributed by atoms with Gasteiger partial charge in [-0.05, 0) is 31.3 Å². The van der Waals surface area contributed by atoms with Crippen LogP contribution in [-0.2, 0) is 6.54 Å². The summed E-state index contributed by atoms with van der Waals surface area (Å²) in [6, 6.07) is 7.82. The van der Waals surface area contributed by atoms with Gasteiger partial charge in [0.05, 0.1) is 12.3 Å². The molecule has 2 aromatic rings. The van der Waals surface area contributed by atoms with Gasteiger partial charge in [0.1, 0.15) is 6.26 Å². The van der Waals surface area contributed by atoms with Gasteiger partial charge in [-0.1, -0.05) is 15.9 Å². The van der Waals surface area contributed by atoms with Gasteiger partial charge in [-0.2, -0.15) is 0 Å². The largest absolute Gasteiger partial charge is 0.444 e. The minimum atomic E-state index is 0.147. The molecule has 0 saturated heterocycles. The maximum absolute atomic E-state index is 8.83. The minimum absolute atomic E-state index is 0.147. The molecule has 0 radical (unpaired) electrons. The van der Waals surface area contributed by atoms with Gasteiger partial charge in [-0.15, -0.1) is 0 Å². The Bertz CT molecular complexity index is 496. The number of aromatic nitrogens is 1. The molecule has 1 heterocycles. The maximum atomic E-state index is 8.83. The number of oxazole rings is 1. The Hall–Kier alpha value is -1.17. The smallest absolute Gasteiger partial charge is 0.226 e. The molecule has 0 aliphatic rings. The lowest BCUT2D eigenvalue weighted by Gasteiger charge is -2.11. The predicted octanol–water partition coefficient (Wildman–Crippen LogP) is 2.53. The molecule has 0 fully saturated rings. The molecule has 0 spiro atoms. The number of aliphatic hydroxyl groups is 1. The summed E-state index contributed by atoms with van der Waals surface area (Å²) in [4.78, 5) is 6.42. The maximum Gasteiger partial charge on any atom is 0.226 e. The van der Waals surface area contributed by atoms with Crippen molar-refractivity contribution in [2.75, 3.05) is 20.2 Å². The zero-order valence-electron chi connectivity index (χ0n) is 10.1. The van der Waals surface area contributed by atoms with Crippen molar-refractivity contribution in [3.05, 3.63) is 40.7 Å². The molecule has 4 nitrogen and oxygen atoms in total. The topological polar surface area (TPSA) is 49.5 Å².